The van der Waals surface area contributed by atoms with E-state index in [1.165, 1.54) is 5.56 Å². The van der Waals surface area contributed by atoms with Crippen LogP contribution in [0.2, 0.25) is 0 Å². The van der Waals surface area contributed by atoms with E-state index in [1.807, 2.05) is 12.1 Å². The average molecular weight is 207 g/mol. The van der Waals surface area contributed by atoms with E-state index in [9.17, 15) is 10.2 Å². The molecule has 82 valence electrons. The van der Waals surface area contributed by atoms with Gasteiger partial charge in [-0.3, -0.25) is 0 Å². The van der Waals surface area contributed by atoms with Crippen molar-refractivity contribution in [2.45, 2.75) is 12.3 Å². The van der Waals surface area contributed by atoms with Crippen LogP contribution in [0.4, 0.5) is 0 Å². The van der Waals surface area contributed by atoms with Crippen LogP contribution in [-0.2, 0) is 0 Å². The minimum atomic E-state index is 0.221. The summed E-state index contributed by atoms with van der Waals surface area (Å²) in [6.07, 6.45) is 1.05. The molecule has 1 aliphatic rings. The van der Waals surface area contributed by atoms with Gasteiger partial charge in [0.25, 0.3) is 0 Å². The number of rotatable bonds is 2. The first kappa shape index (κ1) is 10.5. The first-order valence-electron chi connectivity index (χ1n) is 5.42. The van der Waals surface area contributed by atoms with E-state index in [-0.39, 0.29) is 6.61 Å². The van der Waals surface area contributed by atoms with Gasteiger partial charge in [0.1, 0.15) is 5.75 Å². The van der Waals surface area contributed by atoms with Crippen LogP contribution in [0, 0.1) is 5.92 Å². The van der Waals surface area contributed by atoms with Crippen LogP contribution in [0.15, 0.2) is 24.3 Å². The molecule has 3 N–H and O–H groups in total. The molecule has 0 aromatic heterocycles. The lowest BCUT2D eigenvalue weighted by Gasteiger charge is -2.31. The molecule has 1 aromatic rings. The van der Waals surface area contributed by atoms with Gasteiger partial charge in [-0.15, -0.1) is 0 Å². The molecule has 0 radical (unpaired) electrons. The molecule has 0 bridgehead atoms. The van der Waals surface area contributed by atoms with Crippen LogP contribution in [0.25, 0.3) is 0 Å². The van der Waals surface area contributed by atoms with Crippen LogP contribution >= 0.6 is 0 Å². The summed E-state index contributed by atoms with van der Waals surface area (Å²) >= 11 is 0. The van der Waals surface area contributed by atoms with Gasteiger partial charge in [-0.2, -0.15) is 0 Å². The van der Waals surface area contributed by atoms with Crippen molar-refractivity contribution < 1.29 is 10.2 Å². The Bertz CT molecular complexity index is 310. The SMILES string of the molecule is OC[C@@H]1CNCCC1c1ccc(O)cc1. The Hall–Kier alpha value is -1.06. The van der Waals surface area contributed by atoms with Gasteiger partial charge in [-0.05, 0) is 36.6 Å². The van der Waals surface area contributed by atoms with Gasteiger partial charge < -0.3 is 15.5 Å². The minimum Gasteiger partial charge on any atom is -0.508 e. The predicted octanol–water partition coefficient (Wildman–Crippen LogP) is 1.08. The van der Waals surface area contributed by atoms with Crippen molar-refractivity contribution in [3.05, 3.63) is 29.8 Å². The largest absolute Gasteiger partial charge is 0.508 e. The van der Waals surface area contributed by atoms with Crippen LogP contribution < -0.4 is 5.32 Å². The van der Waals surface area contributed by atoms with Gasteiger partial charge in [0, 0.05) is 19.1 Å². The number of hydrogen-bond acceptors (Lipinski definition) is 3. The number of aromatic hydroxyl groups is 1. The zero-order valence-electron chi connectivity index (χ0n) is 8.69. The van der Waals surface area contributed by atoms with Gasteiger partial charge in [-0.1, -0.05) is 12.1 Å². The number of nitrogens with one attached hydrogen (secondary N) is 1. The van der Waals surface area contributed by atoms with Crippen LogP contribution in [0.3, 0.4) is 0 Å². The number of benzene rings is 1. The highest BCUT2D eigenvalue weighted by molar-refractivity contribution is 5.29. The van der Waals surface area contributed by atoms with Gasteiger partial charge in [0.05, 0.1) is 0 Å². The summed E-state index contributed by atoms with van der Waals surface area (Å²) in [5.41, 5.74) is 1.22. The van der Waals surface area contributed by atoms with Crippen molar-refractivity contribution in [3.8, 4) is 5.75 Å². The Morgan fingerprint density at radius 3 is 2.67 bits per heavy atom. The Kier molecular flexibility index (Phi) is 3.23. The summed E-state index contributed by atoms with van der Waals surface area (Å²) in [6.45, 7) is 2.10. The lowest BCUT2D eigenvalue weighted by atomic mass is 9.82. The first-order chi connectivity index (χ1) is 7.31. The number of phenolic OH excluding ortho intramolecular Hbond substituents is 1. The lowest BCUT2D eigenvalue weighted by molar-refractivity contribution is 0.179. The lowest BCUT2D eigenvalue weighted by Crippen LogP contribution is -2.37. The summed E-state index contributed by atoms with van der Waals surface area (Å²) in [6, 6.07) is 7.33. The number of aliphatic hydroxyl groups is 1. The summed E-state index contributed by atoms with van der Waals surface area (Å²) in [7, 11) is 0. The molecule has 15 heavy (non-hydrogen) atoms. The van der Waals surface area contributed by atoms with Crippen molar-refractivity contribution in [2.24, 2.45) is 5.92 Å². The third kappa shape index (κ3) is 2.30. The second kappa shape index (κ2) is 4.64. The highest BCUT2D eigenvalue weighted by Crippen LogP contribution is 2.30. The van der Waals surface area contributed by atoms with Crippen molar-refractivity contribution in [2.75, 3.05) is 19.7 Å². The molecule has 1 aromatic carbocycles. The van der Waals surface area contributed by atoms with Crippen molar-refractivity contribution in [3.63, 3.8) is 0 Å². The van der Waals surface area contributed by atoms with Gasteiger partial charge in [0.15, 0.2) is 0 Å². The maximum atomic E-state index is 9.29. The van der Waals surface area contributed by atoms with E-state index < -0.39 is 0 Å². The van der Waals surface area contributed by atoms with E-state index in [0.29, 0.717) is 17.6 Å². The molecule has 0 spiro atoms. The summed E-state index contributed by atoms with van der Waals surface area (Å²) in [5.74, 6) is 1.01. The third-order valence-electron chi connectivity index (χ3n) is 3.16. The monoisotopic (exact) mass is 207 g/mol. The van der Waals surface area contributed by atoms with Crippen LogP contribution in [-0.4, -0.2) is 29.9 Å². The number of piperidine rings is 1. The third-order valence-corrected chi connectivity index (χ3v) is 3.16. The smallest absolute Gasteiger partial charge is 0.115 e. The molecule has 1 heterocycles. The Morgan fingerprint density at radius 2 is 2.00 bits per heavy atom. The maximum Gasteiger partial charge on any atom is 0.115 e. The van der Waals surface area contributed by atoms with E-state index >= 15 is 0 Å². The number of hydrogen-bond donors (Lipinski definition) is 3. The zero-order chi connectivity index (χ0) is 10.7. The summed E-state index contributed by atoms with van der Waals surface area (Å²) in [4.78, 5) is 0. The van der Waals surface area contributed by atoms with Gasteiger partial charge >= 0.3 is 0 Å². The standard InChI is InChI=1S/C12H17NO2/c14-8-10-7-13-6-5-12(10)9-1-3-11(15)4-2-9/h1-4,10,12-15H,5-8H2/t10-,12?/m0/s1. The van der Waals surface area contributed by atoms with Crippen molar-refractivity contribution >= 4 is 0 Å². The highest BCUT2D eigenvalue weighted by atomic mass is 16.3. The Balaban J connectivity index is 2.16. The summed E-state index contributed by atoms with van der Waals surface area (Å²) < 4.78 is 0. The minimum absolute atomic E-state index is 0.221. The molecule has 2 rings (SSSR count). The van der Waals surface area contributed by atoms with Gasteiger partial charge in [-0.25, -0.2) is 0 Å². The van der Waals surface area contributed by atoms with E-state index in [1.54, 1.807) is 12.1 Å². The summed E-state index contributed by atoms with van der Waals surface area (Å²) in [5, 5.41) is 21.8. The van der Waals surface area contributed by atoms with E-state index in [0.717, 1.165) is 19.5 Å². The fourth-order valence-corrected chi connectivity index (χ4v) is 2.28. The molecule has 1 aliphatic heterocycles. The molecule has 0 aliphatic carbocycles. The maximum absolute atomic E-state index is 9.29. The molecule has 3 heteroatoms. The fourth-order valence-electron chi connectivity index (χ4n) is 2.28. The topological polar surface area (TPSA) is 52.5 Å². The van der Waals surface area contributed by atoms with Crippen LogP contribution in [0.5, 0.6) is 5.75 Å². The second-order valence-electron chi connectivity index (χ2n) is 4.13. The molecule has 3 nitrogen and oxygen atoms in total. The zero-order valence-corrected chi connectivity index (χ0v) is 8.69. The van der Waals surface area contributed by atoms with Crippen molar-refractivity contribution in [1.29, 1.82) is 0 Å². The fraction of sp³-hybridized carbons (Fsp3) is 0.500. The average Bonchev–Trinajstić information content (AvgIpc) is 2.30. The first-order valence-corrected chi connectivity index (χ1v) is 5.42. The van der Waals surface area contributed by atoms with Crippen LogP contribution in [0.1, 0.15) is 17.9 Å². The predicted molar refractivity (Wildman–Crippen MR) is 58.9 cm³/mol. The number of aliphatic hydroxyl groups excluding tert-OH is 1. The second-order valence-corrected chi connectivity index (χ2v) is 4.13. The molecule has 1 saturated heterocycles. The highest BCUT2D eigenvalue weighted by Gasteiger charge is 2.25. The van der Waals surface area contributed by atoms with Gasteiger partial charge in [0.2, 0.25) is 0 Å². The molecular formula is C12H17NO2. The Labute approximate surface area is 89.8 Å². The molecule has 1 fully saturated rings. The number of phenols is 1. The molecule has 0 saturated carbocycles. The van der Waals surface area contributed by atoms with E-state index in [2.05, 4.69) is 5.32 Å². The Morgan fingerprint density at radius 1 is 1.27 bits per heavy atom. The quantitative estimate of drug-likeness (QED) is 0.680. The molecule has 0 amide bonds. The van der Waals surface area contributed by atoms with E-state index in [4.69, 9.17) is 0 Å². The normalized spacial score (nSPS) is 26.5. The molecule has 1 unspecified atom stereocenters. The molecule has 2 atom stereocenters. The van der Waals surface area contributed by atoms with Crippen molar-refractivity contribution in [1.82, 2.24) is 5.32 Å². The molecular weight excluding hydrogens is 190 g/mol.